The fourth-order valence-electron chi connectivity index (χ4n) is 2.36. The SMILES string of the molecule is CCCCCCCCCC(O)N1CCOC(Br)C1. The van der Waals surface area contributed by atoms with E-state index in [1.54, 1.807) is 0 Å². The molecule has 0 radical (unpaired) electrons. The van der Waals surface area contributed by atoms with Gasteiger partial charge >= 0.3 is 0 Å². The molecule has 1 fully saturated rings. The molecule has 0 aromatic carbocycles. The van der Waals surface area contributed by atoms with E-state index in [9.17, 15) is 5.11 Å². The Morgan fingerprint density at radius 2 is 1.89 bits per heavy atom. The minimum atomic E-state index is -0.287. The van der Waals surface area contributed by atoms with Crippen molar-refractivity contribution in [2.45, 2.75) is 69.5 Å². The average Bonchev–Trinajstić information content (AvgIpc) is 2.37. The van der Waals surface area contributed by atoms with Crippen LogP contribution in [0.5, 0.6) is 0 Å². The maximum atomic E-state index is 10.1. The first kappa shape index (κ1) is 16.4. The molecule has 108 valence electrons. The number of aliphatic hydroxyl groups excluding tert-OH is 1. The lowest BCUT2D eigenvalue weighted by Gasteiger charge is -2.33. The van der Waals surface area contributed by atoms with Crippen LogP contribution in [-0.4, -0.2) is 40.9 Å². The van der Waals surface area contributed by atoms with Crippen molar-refractivity contribution in [1.82, 2.24) is 4.90 Å². The van der Waals surface area contributed by atoms with Gasteiger partial charge in [-0.15, -0.1) is 0 Å². The summed E-state index contributed by atoms with van der Waals surface area (Å²) in [5.74, 6) is 0. The number of halogens is 1. The molecule has 2 unspecified atom stereocenters. The number of unbranched alkanes of at least 4 members (excludes halogenated alkanes) is 6. The second-order valence-corrected chi connectivity index (χ2v) is 6.19. The lowest BCUT2D eigenvalue weighted by molar-refractivity contribution is -0.0700. The van der Waals surface area contributed by atoms with Crippen LogP contribution in [0.2, 0.25) is 0 Å². The monoisotopic (exact) mass is 321 g/mol. The summed E-state index contributed by atoms with van der Waals surface area (Å²) >= 11 is 3.44. The molecular formula is C14H28BrNO2. The van der Waals surface area contributed by atoms with Gasteiger partial charge in [-0.3, -0.25) is 4.90 Å². The first-order chi connectivity index (χ1) is 8.74. The molecule has 4 heteroatoms. The fourth-order valence-corrected chi connectivity index (χ4v) is 2.92. The third-order valence-corrected chi connectivity index (χ3v) is 4.10. The zero-order valence-electron chi connectivity index (χ0n) is 11.6. The third-order valence-electron chi connectivity index (χ3n) is 3.54. The number of hydrogen-bond acceptors (Lipinski definition) is 3. The van der Waals surface area contributed by atoms with Crippen molar-refractivity contribution in [2.75, 3.05) is 19.7 Å². The van der Waals surface area contributed by atoms with Crippen LogP contribution in [0.25, 0.3) is 0 Å². The van der Waals surface area contributed by atoms with Gasteiger partial charge in [0, 0.05) is 13.1 Å². The van der Waals surface area contributed by atoms with E-state index < -0.39 is 0 Å². The molecule has 1 rings (SSSR count). The highest BCUT2D eigenvalue weighted by atomic mass is 79.9. The Hall–Kier alpha value is 0.360. The van der Waals surface area contributed by atoms with Crippen LogP contribution in [-0.2, 0) is 4.74 Å². The standard InChI is InChI=1S/C14H28BrNO2/c1-2-3-4-5-6-7-8-9-14(17)16-10-11-18-13(15)12-16/h13-14,17H,2-12H2,1H3. The summed E-state index contributed by atoms with van der Waals surface area (Å²) in [5, 5.41) is 10.2. The molecule has 0 spiro atoms. The molecule has 3 nitrogen and oxygen atoms in total. The van der Waals surface area contributed by atoms with E-state index in [-0.39, 0.29) is 11.2 Å². The Balaban J connectivity index is 1.97. The Kier molecular flexibility index (Phi) is 9.29. The Morgan fingerprint density at radius 1 is 1.22 bits per heavy atom. The largest absolute Gasteiger partial charge is 0.378 e. The van der Waals surface area contributed by atoms with Gasteiger partial charge in [-0.05, 0) is 12.8 Å². The molecule has 1 aliphatic heterocycles. The van der Waals surface area contributed by atoms with Crippen molar-refractivity contribution in [3.8, 4) is 0 Å². The number of ether oxygens (including phenoxy) is 1. The molecule has 18 heavy (non-hydrogen) atoms. The van der Waals surface area contributed by atoms with Gasteiger partial charge in [0.1, 0.15) is 11.2 Å². The zero-order valence-corrected chi connectivity index (χ0v) is 13.2. The summed E-state index contributed by atoms with van der Waals surface area (Å²) < 4.78 is 5.40. The predicted molar refractivity (Wildman–Crippen MR) is 78.9 cm³/mol. The molecule has 1 saturated heterocycles. The van der Waals surface area contributed by atoms with E-state index in [0.29, 0.717) is 6.61 Å². The lowest BCUT2D eigenvalue weighted by Crippen LogP contribution is -2.45. The van der Waals surface area contributed by atoms with Gasteiger partial charge in [-0.25, -0.2) is 0 Å². The van der Waals surface area contributed by atoms with Crippen molar-refractivity contribution >= 4 is 15.9 Å². The van der Waals surface area contributed by atoms with Crippen LogP contribution < -0.4 is 0 Å². The van der Waals surface area contributed by atoms with E-state index >= 15 is 0 Å². The number of alkyl halides is 1. The molecule has 2 atom stereocenters. The summed E-state index contributed by atoms with van der Waals surface area (Å²) in [7, 11) is 0. The van der Waals surface area contributed by atoms with Crippen LogP contribution in [0.15, 0.2) is 0 Å². The number of aliphatic hydroxyl groups is 1. The molecule has 0 aliphatic carbocycles. The van der Waals surface area contributed by atoms with Gasteiger partial charge in [0.05, 0.1) is 6.61 Å². The summed E-state index contributed by atoms with van der Waals surface area (Å²) in [6.45, 7) is 4.59. The molecule has 0 bridgehead atoms. The molecule has 1 N–H and O–H groups in total. The summed E-state index contributed by atoms with van der Waals surface area (Å²) in [6.07, 6.45) is 9.71. The lowest BCUT2D eigenvalue weighted by atomic mass is 10.1. The van der Waals surface area contributed by atoms with E-state index in [4.69, 9.17) is 4.74 Å². The van der Waals surface area contributed by atoms with Gasteiger partial charge in [0.25, 0.3) is 0 Å². The molecule has 0 aromatic rings. The van der Waals surface area contributed by atoms with Gasteiger partial charge in [0.2, 0.25) is 0 Å². The maximum absolute atomic E-state index is 10.1. The molecule has 1 aliphatic rings. The molecular weight excluding hydrogens is 294 g/mol. The van der Waals surface area contributed by atoms with Crippen molar-refractivity contribution in [1.29, 1.82) is 0 Å². The van der Waals surface area contributed by atoms with Gasteiger partial charge < -0.3 is 9.84 Å². The highest BCUT2D eigenvalue weighted by molar-refractivity contribution is 9.09. The first-order valence-corrected chi connectivity index (χ1v) is 8.33. The zero-order chi connectivity index (χ0) is 13.2. The number of nitrogens with zero attached hydrogens (tertiary/aromatic N) is 1. The van der Waals surface area contributed by atoms with Gasteiger partial charge in [0.15, 0.2) is 0 Å². The van der Waals surface area contributed by atoms with Crippen molar-refractivity contribution < 1.29 is 9.84 Å². The van der Waals surface area contributed by atoms with Crippen molar-refractivity contribution in [2.24, 2.45) is 0 Å². The number of hydrogen-bond donors (Lipinski definition) is 1. The van der Waals surface area contributed by atoms with Crippen LogP contribution >= 0.6 is 15.9 Å². The topological polar surface area (TPSA) is 32.7 Å². The quantitative estimate of drug-likeness (QED) is 0.521. The normalized spacial score (nSPS) is 23.2. The highest BCUT2D eigenvalue weighted by Gasteiger charge is 2.22. The molecule has 0 saturated carbocycles. The maximum Gasteiger partial charge on any atom is 0.125 e. The summed E-state index contributed by atoms with van der Waals surface area (Å²) in [5.41, 5.74) is 0. The van der Waals surface area contributed by atoms with Crippen LogP contribution in [0.3, 0.4) is 0 Å². The smallest absolute Gasteiger partial charge is 0.125 e. The minimum Gasteiger partial charge on any atom is -0.378 e. The summed E-state index contributed by atoms with van der Waals surface area (Å²) in [6, 6.07) is 0. The van der Waals surface area contributed by atoms with Crippen LogP contribution in [0.4, 0.5) is 0 Å². The fraction of sp³-hybridized carbons (Fsp3) is 1.00. The Bertz CT molecular complexity index is 204. The van der Waals surface area contributed by atoms with Crippen molar-refractivity contribution in [3.05, 3.63) is 0 Å². The predicted octanol–water partition coefficient (Wildman–Crippen LogP) is 3.50. The van der Waals surface area contributed by atoms with E-state index in [1.807, 2.05) is 0 Å². The molecule has 0 amide bonds. The second-order valence-electron chi connectivity index (χ2n) is 5.17. The Labute approximate surface area is 120 Å². The first-order valence-electron chi connectivity index (χ1n) is 7.42. The number of rotatable bonds is 9. The molecule has 0 aromatic heterocycles. The van der Waals surface area contributed by atoms with E-state index in [1.165, 1.54) is 38.5 Å². The van der Waals surface area contributed by atoms with Gasteiger partial charge in [-0.1, -0.05) is 61.4 Å². The van der Waals surface area contributed by atoms with Gasteiger partial charge in [-0.2, -0.15) is 0 Å². The third kappa shape index (κ3) is 7.07. The van der Waals surface area contributed by atoms with Crippen LogP contribution in [0, 0.1) is 0 Å². The Morgan fingerprint density at radius 3 is 2.56 bits per heavy atom. The minimum absolute atomic E-state index is 0.0787. The summed E-state index contributed by atoms with van der Waals surface area (Å²) in [4.78, 5) is 2.11. The van der Waals surface area contributed by atoms with E-state index in [0.717, 1.165) is 25.9 Å². The van der Waals surface area contributed by atoms with E-state index in [2.05, 4.69) is 27.8 Å². The second kappa shape index (κ2) is 10.2. The molecule has 1 heterocycles. The average molecular weight is 322 g/mol. The number of morpholine rings is 1. The van der Waals surface area contributed by atoms with Crippen LogP contribution in [0.1, 0.15) is 58.3 Å². The van der Waals surface area contributed by atoms with Crippen molar-refractivity contribution in [3.63, 3.8) is 0 Å². The highest BCUT2D eigenvalue weighted by Crippen LogP contribution is 2.16.